The van der Waals surface area contributed by atoms with E-state index in [0.717, 1.165) is 48.7 Å². The van der Waals surface area contributed by atoms with Crippen molar-refractivity contribution in [3.63, 3.8) is 0 Å². The Morgan fingerprint density at radius 2 is 1.89 bits per heavy atom. The summed E-state index contributed by atoms with van der Waals surface area (Å²) in [6.45, 7) is 7.47. The number of rotatable bonds is 9. The van der Waals surface area contributed by atoms with Gasteiger partial charge in [-0.05, 0) is 51.1 Å². The SMILES string of the molecule is C=CC.CNCC(O)COc1cccc(-c2cc(N(C)C3CCOCC3)nc(-c3ccncc3)n2)c1. The van der Waals surface area contributed by atoms with E-state index in [1.807, 2.05) is 49.4 Å². The number of hydrogen-bond acceptors (Lipinski definition) is 8. The van der Waals surface area contributed by atoms with Gasteiger partial charge in [0, 0.05) is 62.4 Å². The summed E-state index contributed by atoms with van der Waals surface area (Å²) in [5.41, 5.74) is 2.65. The van der Waals surface area contributed by atoms with Crippen LogP contribution < -0.4 is 15.0 Å². The first kappa shape index (κ1) is 27.3. The van der Waals surface area contributed by atoms with E-state index in [-0.39, 0.29) is 6.61 Å². The molecule has 0 aliphatic carbocycles. The third kappa shape index (κ3) is 7.84. The summed E-state index contributed by atoms with van der Waals surface area (Å²) in [7, 11) is 3.88. The Kier molecular flexibility index (Phi) is 10.8. The summed E-state index contributed by atoms with van der Waals surface area (Å²) in [5.74, 6) is 2.21. The first-order chi connectivity index (χ1) is 17.5. The molecule has 1 saturated heterocycles. The summed E-state index contributed by atoms with van der Waals surface area (Å²) in [4.78, 5) is 16.1. The number of aliphatic hydroxyl groups is 1. The van der Waals surface area contributed by atoms with Gasteiger partial charge in [0.15, 0.2) is 5.82 Å². The Morgan fingerprint density at radius 1 is 1.17 bits per heavy atom. The summed E-state index contributed by atoms with van der Waals surface area (Å²) in [6, 6.07) is 14.0. The minimum atomic E-state index is -0.573. The fraction of sp³-hybridized carbons (Fsp3) is 0.393. The molecule has 0 bridgehead atoms. The highest BCUT2D eigenvalue weighted by molar-refractivity contribution is 5.68. The van der Waals surface area contributed by atoms with E-state index >= 15 is 0 Å². The number of hydrogen-bond donors (Lipinski definition) is 2. The maximum atomic E-state index is 9.95. The third-order valence-electron chi connectivity index (χ3n) is 5.76. The van der Waals surface area contributed by atoms with E-state index in [9.17, 15) is 5.11 Å². The average molecular weight is 492 g/mol. The topological polar surface area (TPSA) is 92.6 Å². The van der Waals surface area contributed by atoms with Crippen molar-refractivity contribution in [2.45, 2.75) is 31.9 Å². The van der Waals surface area contributed by atoms with Crippen LogP contribution in [-0.4, -0.2) is 72.7 Å². The molecule has 1 atom stereocenters. The van der Waals surface area contributed by atoms with Crippen LogP contribution in [0.25, 0.3) is 22.6 Å². The summed E-state index contributed by atoms with van der Waals surface area (Å²) >= 11 is 0. The standard InChI is InChI=1S/C25H31N5O3.C3H6/c1-26-16-21(31)17-33-22-5-3-4-19(14-22)23-15-24(30(2)20-8-12-32-13-9-20)29-25(28-23)18-6-10-27-11-7-18;1-3-2/h3-7,10-11,14-15,20-21,26,31H,8-9,12-13,16-17H2,1-2H3;3H,1H2,2H3. The van der Waals surface area contributed by atoms with Crippen LogP contribution in [0.2, 0.25) is 0 Å². The number of aliphatic hydroxyl groups excluding tert-OH is 1. The molecule has 4 rings (SSSR count). The van der Waals surface area contributed by atoms with E-state index in [2.05, 4.69) is 28.8 Å². The number of allylic oxidation sites excluding steroid dienone is 1. The maximum Gasteiger partial charge on any atom is 0.162 e. The summed E-state index contributed by atoms with van der Waals surface area (Å²) in [6.07, 6.45) is 6.61. The first-order valence-electron chi connectivity index (χ1n) is 12.3. The van der Waals surface area contributed by atoms with Crippen LogP contribution in [0.3, 0.4) is 0 Å². The van der Waals surface area contributed by atoms with Crippen LogP contribution >= 0.6 is 0 Å². The fourth-order valence-corrected chi connectivity index (χ4v) is 3.88. The normalized spacial score (nSPS) is 14.3. The van der Waals surface area contributed by atoms with E-state index in [4.69, 9.17) is 19.4 Å². The number of aromatic nitrogens is 3. The smallest absolute Gasteiger partial charge is 0.162 e. The van der Waals surface area contributed by atoms with Crippen molar-refractivity contribution in [1.82, 2.24) is 20.3 Å². The molecule has 36 heavy (non-hydrogen) atoms. The van der Waals surface area contributed by atoms with Crippen molar-refractivity contribution in [2.75, 3.05) is 45.4 Å². The highest BCUT2D eigenvalue weighted by Gasteiger charge is 2.21. The molecule has 192 valence electrons. The van der Waals surface area contributed by atoms with Gasteiger partial charge in [-0.2, -0.15) is 0 Å². The predicted octanol–water partition coefficient (Wildman–Crippen LogP) is 3.97. The van der Waals surface area contributed by atoms with Crippen molar-refractivity contribution in [2.24, 2.45) is 0 Å². The molecule has 0 saturated carbocycles. The number of nitrogens with zero attached hydrogens (tertiary/aromatic N) is 4. The molecule has 2 aromatic heterocycles. The molecule has 0 spiro atoms. The van der Waals surface area contributed by atoms with Gasteiger partial charge in [-0.25, -0.2) is 9.97 Å². The molecule has 1 fully saturated rings. The van der Waals surface area contributed by atoms with Gasteiger partial charge in [0.1, 0.15) is 24.3 Å². The molecule has 2 N–H and O–H groups in total. The molecular weight excluding hydrogens is 454 g/mol. The predicted molar refractivity (Wildman–Crippen MR) is 144 cm³/mol. The van der Waals surface area contributed by atoms with Gasteiger partial charge in [0.25, 0.3) is 0 Å². The van der Waals surface area contributed by atoms with Crippen molar-refractivity contribution in [3.8, 4) is 28.4 Å². The molecule has 1 aliphatic heterocycles. The highest BCUT2D eigenvalue weighted by Crippen LogP contribution is 2.29. The number of benzene rings is 1. The van der Waals surface area contributed by atoms with Crippen molar-refractivity contribution in [1.29, 1.82) is 0 Å². The second-order valence-corrected chi connectivity index (χ2v) is 8.58. The molecule has 1 aliphatic rings. The minimum Gasteiger partial charge on any atom is -0.491 e. The zero-order valence-electron chi connectivity index (χ0n) is 21.4. The van der Waals surface area contributed by atoms with Gasteiger partial charge in [0.2, 0.25) is 0 Å². The Balaban J connectivity index is 0.00000115. The van der Waals surface area contributed by atoms with E-state index in [1.54, 1.807) is 25.5 Å². The van der Waals surface area contributed by atoms with E-state index < -0.39 is 6.10 Å². The lowest BCUT2D eigenvalue weighted by molar-refractivity contribution is 0.0853. The van der Waals surface area contributed by atoms with Gasteiger partial charge in [-0.15, -0.1) is 6.58 Å². The number of ether oxygens (including phenoxy) is 2. The van der Waals surface area contributed by atoms with Gasteiger partial charge in [0.05, 0.1) is 5.69 Å². The van der Waals surface area contributed by atoms with Crippen LogP contribution in [0, 0.1) is 0 Å². The molecule has 1 aromatic carbocycles. The molecular formula is C28H37N5O3. The van der Waals surface area contributed by atoms with Crippen LogP contribution in [0.15, 0.2) is 67.5 Å². The lowest BCUT2D eigenvalue weighted by Crippen LogP contribution is -2.37. The zero-order valence-corrected chi connectivity index (χ0v) is 21.4. The average Bonchev–Trinajstić information content (AvgIpc) is 2.93. The molecule has 8 heteroatoms. The lowest BCUT2D eigenvalue weighted by Gasteiger charge is -2.32. The lowest BCUT2D eigenvalue weighted by atomic mass is 10.1. The molecule has 1 unspecified atom stereocenters. The van der Waals surface area contributed by atoms with E-state index in [1.165, 1.54) is 0 Å². The van der Waals surface area contributed by atoms with E-state index in [0.29, 0.717) is 24.2 Å². The second kappa shape index (κ2) is 14.3. The number of pyridine rings is 1. The molecule has 0 amide bonds. The summed E-state index contributed by atoms with van der Waals surface area (Å²) < 4.78 is 11.3. The Bertz CT molecular complexity index is 1070. The molecule has 3 aromatic rings. The molecule has 3 heterocycles. The Morgan fingerprint density at radius 3 is 2.58 bits per heavy atom. The zero-order chi connectivity index (χ0) is 25.8. The fourth-order valence-electron chi connectivity index (χ4n) is 3.88. The summed E-state index contributed by atoms with van der Waals surface area (Å²) in [5, 5.41) is 12.9. The van der Waals surface area contributed by atoms with Crippen molar-refractivity contribution >= 4 is 5.82 Å². The Labute approximate surface area is 214 Å². The van der Waals surface area contributed by atoms with Crippen LogP contribution in [0.1, 0.15) is 19.8 Å². The largest absolute Gasteiger partial charge is 0.491 e. The third-order valence-corrected chi connectivity index (χ3v) is 5.76. The quantitative estimate of drug-likeness (QED) is 0.435. The van der Waals surface area contributed by atoms with Crippen LogP contribution in [0.5, 0.6) is 5.75 Å². The van der Waals surface area contributed by atoms with Gasteiger partial charge in [-0.3, -0.25) is 4.98 Å². The highest BCUT2D eigenvalue weighted by atomic mass is 16.5. The van der Waals surface area contributed by atoms with Gasteiger partial charge in [-0.1, -0.05) is 18.2 Å². The Hall–Kier alpha value is -3.33. The van der Waals surface area contributed by atoms with Crippen LogP contribution in [0.4, 0.5) is 5.82 Å². The number of likely N-dealkylation sites (N-methyl/N-ethyl adjacent to an activating group) is 1. The number of anilines is 1. The van der Waals surface area contributed by atoms with Gasteiger partial charge >= 0.3 is 0 Å². The number of nitrogens with one attached hydrogen (secondary N) is 1. The van der Waals surface area contributed by atoms with Gasteiger partial charge < -0.3 is 24.8 Å². The van der Waals surface area contributed by atoms with Crippen LogP contribution in [-0.2, 0) is 4.74 Å². The minimum absolute atomic E-state index is 0.216. The molecule has 8 nitrogen and oxygen atoms in total. The first-order valence-corrected chi connectivity index (χ1v) is 12.3. The monoisotopic (exact) mass is 491 g/mol. The maximum absolute atomic E-state index is 9.95. The second-order valence-electron chi connectivity index (χ2n) is 8.58. The van der Waals surface area contributed by atoms with Crippen molar-refractivity contribution < 1.29 is 14.6 Å². The van der Waals surface area contributed by atoms with Crippen molar-refractivity contribution in [3.05, 3.63) is 67.5 Å². The molecule has 0 radical (unpaired) electrons.